The molecule has 0 saturated carbocycles. The molecule has 1 N–H and O–H groups in total. The summed E-state index contributed by atoms with van der Waals surface area (Å²) in [5.74, 6) is 0. The number of nitrogens with one attached hydrogen (secondary N) is 1. The zero-order valence-electron chi connectivity index (χ0n) is 9.88. The summed E-state index contributed by atoms with van der Waals surface area (Å²) in [6.07, 6.45) is 0. The fraction of sp³-hybridized carbons (Fsp3) is 1.00. The van der Waals surface area contributed by atoms with Crippen LogP contribution in [0.5, 0.6) is 0 Å². The minimum Gasteiger partial charge on any atom is -0.380 e. The van der Waals surface area contributed by atoms with Crippen LogP contribution < -0.4 is 5.32 Å². The highest BCUT2D eigenvalue weighted by atomic mass is 35.5. The summed E-state index contributed by atoms with van der Waals surface area (Å²) in [6.45, 7) is 11.3. The van der Waals surface area contributed by atoms with E-state index in [1.54, 1.807) is 0 Å². The molecule has 0 saturated heterocycles. The fourth-order valence-electron chi connectivity index (χ4n) is 1.28. The average Bonchev–Trinajstić information content (AvgIpc) is 2.19. The predicted molar refractivity (Wildman–Crippen MR) is 64.4 cm³/mol. The van der Waals surface area contributed by atoms with E-state index in [1.807, 2.05) is 14.0 Å². The van der Waals surface area contributed by atoms with E-state index in [4.69, 9.17) is 4.74 Å². The molecule has 1 unspecified atom stereocenters. The standard InChI is InChI=1S/C10H24N2O.ClH/c1-5-12(6-2)8-10(11-4)9-13-7-3;/h10-11H,5-9H2,1-4H3;1H. The molecule has 0 spiro atoms. The van der Waals surface area contributed by atoms with Crippen LogP contribution in [0, 0.1) is 0 Å². The molecule has 0 aromatic carbocycles. The second kappa shape index (κ2) is 11.2. The van der Waals surface area contributed by atoms with Crippen LogP contribution in [-0.4, -0.2) is 50.8 Å². The first kappa shape index (κ1) is 16.6. The Hall–Kier alpha value is 0.170. The van der Waals surface area contributed by atoms with Gasteiger partial charge in [-0.3, -0.25) is 0 Å². The van der Waals surface area contributed by atoms with Crippen LogP contribution in [0.3, 0.4) is 0 Å². The minimum atomic E-state index is 0. The van der Waals surface area contributed by atoms with Crippen LogP contribution in [0.25, 0.3) is 0 Å². The monoisotopic (exact) mass is 224 g/mol. The number of hydrogen-bond acceptors (Lipinski definition) is 3. The highest BCUT2D eigenvalue weighted by Gasteiger charge is 2.09. The summed E-state index contributed by atoms with van der Waals surface area (Å²) in [7, 11) is 1.99. The third kappa shape index (κ3) is 7.56. The Morgan fingerprint density at radius 1 is 1.21 bits per heavy atom. The highest BCUT2D eigenvalue weighted by Crippen LogP contribution is 1.93. The Morgan fingerprint density at radius 2 is 1.79 bits per heavy atom. The van der Waals surface area contributed by atoms with Crippen molar-refractivity contribution in [2.24, 2.45) is 0 Å². The smallest absolute Gasteiger partial charge is 0.0631 e. The van der Waals surface area contributed by atoms with Crippen molar-refractivity contribution in [3.8, 4) is 0 Å². The van der Waals surface area contributed by atoms with Crippen LogP contribution in [-0.2, 0) is 4.74 Å². The lowest BCUT2D eigenvalue weighted by atomic mass is 10.3. The van der Waals surface area contributed by atoms with Crippen LogP contribution in [0.15, 0.2) is 0 Å². The van der Waals surface area contributed by atoms with Gasteiger partial charge in [-0.05, 0) is 27.1 Å². The number of nitrogens with zero attached hydrogens (tertiary/aromatic N) is 1. The van der Waals surface area contributed by atoms with Gasteiger partial charge in [0.2, 0.25) is 0 Å². The van der Waals surface area contributed by atoms with Crippen LogP contribution >= 0.6 is 12.4 Å². The molecule has 3 nitrogen and oxygen atoms in total. The maximum Gasteiger partial charge on any atom is 0.0631 e. The molecule has 14 heavy (non-hydrogen) atoms. The van der Waals surface area contributed by atoms with Gasteiger partial charge in [-0.1, -0.05) is 13.8 Å². The van der Waals surface area contributed by atoms with Crippen LogP contribution in [0.1, 0.15) is 20.8 Å². The van der Waals surface area contributed by atoms with Gasteiger partial charge in [-0.2, -0.15) is 0 Å². The quantitative estimate of drug-likeness (QED) is 0.674. The van der Waals surface area contributed by atoms with Crippen molar-refractivity contribution >= 4 is 12.4 Å². The Bertz CT molecular complexity index is 110. The lowest BCUT2D eigenvalue weighted by Crippen LogP contribution is -2.42. The summed E-state index contributed by atoms with van der Waals surface area (Å²) in [5, 5.41) is 3.27. The summed E-state index contributed by atoms with van der Waals surface area (Å²) in [5.41, 5.74) is 0. The summed E-state index contributed by atoms with van der Waals surface area (Å²) >= 11 is 0. The predicted octanol–water partition coefficient (Wildman–Crippen LogP) is 1.37. The molecule has 0 aliphatic carbocycles. The van der Waals surface area contributed by atoms with Crippen molar-refractivity contribution in [3.05, 3.63) is 0 Å². The van der Waals surface area contributed by atoms with Crippen molar-refractivity contribution in [1.29, 1.82) is 0 Å². The largest absolute Gasteiger partial charge is 0.380 e. The molecule has 0 bridgehead atoms. The Labute approximate surface area is 94.6 Å². The van der Waals surface area contributed by atoms with Crippen molar-refractivity contribution in [3.63, 3.8) is 0 Å². The van der Waals surface area contributed by atoms with E-state index < -0.39 is 0 Å². The molecule has 0 aliphatic rings. The highest BCUT2D eigenvalue weighted by molar-refractivity contribution is 5.85. The van der Waals surface area contributed by atoms with Gasteiger partial charge in [0.1, 0.15) is 0 Å². The third-order valence-electron chi connectivity index (χ3n) is 2.30. The number of hydrogen-bond donors (Lipinski definition) is 1. The molecule has 0 heterocycles. The van der Waals surface area contributed by atoms with E-state index in [0.29, 0.717) is 6.04 Å². The molecule has 88 valence electrons. The van der Waals surface area contributed by atoms with Gasteiger partial charge >= 0.3 is 0 Å². The van der Waals surface area contributed by atoms with Crippen LogP contribution in [0.4, 0.5) is 0 Å². The summed E-state index contributed by atoms with van der Waals surface area (Å²) < 4.78 is 5.39. The lowest BCUT2D eigenvalue weighted by molar-refractivity contribution is 0.109. The molecular weight excluding hydrogens is 200 g/mol. The first-order valence-electron chi connectivity index (χ1n) is 5.25. The molecular formula is C10H25ClN2O. The summed E-state index contributed by atoms with van der Waals surface area (Å²) in [6, 6.07) is 0.458. The topological polar surface area (TPSA) is 24.5 Å². The van der Waals surface area contributed by atoms with Crippen molar-refractivity contribution < 1.29 is 4.74 Å². The van der Waals surface area contributed by atoms with Gasteiger partial charge < -0.3 is 15.0 Å². The van der Waals surface area contributed by atoms with Crippen molar-refractivity contribution in [2.45, 2.75) is 26.8 Å². The van der Waals surface area contributed by atoms with Gasteiger partial charge in [0.25, 0.3) is 0 Å². The van der Waals surface area contributed by atoms with Gasteiger partial charge in [-0.25, -0.2) is 0 Å². The Balaban J connectivity index is 0. The molecule has 1 atom stereocenters. The Morgan fingerprint density at radius 3 is 2.14 bits per heavy atom. The number of halogens is 1. The average molecular weight is 225 g/mol. The van der Waals surface area contributed by atoms with E-state index in [1.165, 1.54) is 0 Å². The maximum absolute atomic E-state index is 5.39. The number of ether oxygens (including phenoxy) is 1. The van der Waals surface area contributed by atoms with Crippen molar-refractivity contribution in [1.82, 2.24) is 10.2 Å². The number of likely N-dealkylation sites (N-methyl/N-ethyl adjacent to an activating group) is 2. The van der Waals surface area contributed by atoms with Gasteiger partial charge in [0, 0.05) is 19.2 Å². The SMILES string of the molecule is CCOCC(CN(CC)CC)NC.Cl. The van der Waals surface area contributed by atoms with Gasteiger partial charge in [-0.15, -0.1) is 12.4 Å². The van der Waals surface area contributed by atoms with Gasteiger partial charge in [0.05, 0.1) is 6.61 Å². The summed E-state index contributed by atoms with van der Waals surface area (Å²) in [4.78, 5) is 2.40. The normalized spacial score (nSPS) is 12.6. The maximum atomic E-state index is 5.39. The molecule has 4 heteroatoms. The Kier molecular flexibility index (Phi) is 13.3. The zero-order chi connectivity index (χ0) is 10.1. The second-order valence-electron chi connectivity index (χ2n) is 3.13. The lowest BCUT2D eigenvalue weighted by Gasteiger charge is -2.24. The van der Waals surface area contributed by atoms with E-state index in [2.05, 4.69) is 24.1 Å². The van der Waals surface area contributed by atoms with E-state index >= 15 is 0 Å². The van der Waals surface area contributed by atoms with E-state index in [-0.39, 0.29) is 12.4 Å². The molecule has 0 aromatic heterocycles. The molecule has 0 radical (unpaired) electrons. The van der Waals surface area contributed by atoms with Gasteiger partial charge in [0.15, 0.2) is 0 Å². The van der Waals surface area contributed by atoms with E-state index in [0.717, 1.165) is 32.8 Å². The minimum absolute atomic E-state index is 0. The second-order valence-corrected chi connectivity index (χ2v) is 3.13. The molecule has 0 aromatic rings. The number of rotatable bonds is 8. The van der Waals surface area contributed by atoms with Crippen molar-refractivity contribution in [2.75, 3.05) is 39.9 Å². The fourth-order valence-corrected chi connectivity index (χ4v) is 1.28. The third-order valence-corrected chi connectivity index (χ3v) is 2.30. The molecule has 0 fully saturated rings. The molecule has 0 rings (SSSR count). The van der Waals surface area contributed by atoms with E-state index in [9.17, 15) is 0 Å². The zero-order valence-corrected chi connectivity index (χ0v) is 10.7. The van der Waals surface area contributed by atoms with Crippen LogP contribution in [0.2, 0.25) is 0 Å². The molecule has 0 amide bonds. The molecule has 0 aliphatic heterocycles. The first-order chi connectivity index (χ1) is 6.28. The first-order valence-corrected chi connectivity index (χ1v) is 5.25.